The van der Waals surface area contributed by atoms with Gasteiger partial charge in [0.2, 0.25) is 0 Å². The van der Waals surface area contributed by atoms with Gasteiger partial charge in [-0.25, -0.2) is 0 Å². The van der Waals surface area contributed by atoms with E-state index < -0.39 is 0 Å². The Morgan fingerprint density at radius 2 is 1.75 bits per heavy atom. The van der Waals surface area contributed by atoms with Crippen LogP contribution in [0.2, 0.25) is 0 Å². The molecular weight excluding hydrogens is 232 g/mol. The van der Waals surface area contributed by atoms with Crippen molar-refractivity contribution in [3.8, 4) is 11.1 Å². The fourth-order valence-corrected chi connectivity index (χ4v) is 3.67. The fraction of sp³-hybridized carbons (Fsp3) is 0.286. The van der Waals surface area contributed by atoms with Crippen molar-refractivity contribution < 1.29 is 0 Å². The number of fused-ring (bicyclic) bond motifs is 1. The molecule has 16 heavy (non-hydrogen) atoms. The van der Waals surface area contributed by atoms with Gasteiger partial charge in [-0.05, 0) is 36.1 Å². The SMILES string of the molecule is CSC(SC)c1ccc(C)cc2cccc1-2. The van der Waals surface area contributed by atoms with Crippen molar-refractivity contribution >= 4 is 23.5 Å². The number of hydrogen-bond acceptors (Lipinski definition) is 2. The normalized spacial score (nSPS) is 11.2. The second kappa shape index (κ2) is 5.15. The molecule has 0 radical (unpaired) electrons. The van der Waals surface area contributed by atoms with Crippen molar-refractivity contribution in [2.75, 3.05) is 12.5 Å². The Hall–Kier alpha value is -0.600. The molecule has 2 heteroatoms. The van der Waals surface area contributed by atoms with Crippen LogP contribution in [0, 0.1) is 6.92 Å². The zero-order valence-corrected chi connectivity index (χ0v) is 11.5. The highest BCUT2D eigenvalue weighted by Crippen LogP contribution is 2.41. The summed E-state index contributed by atoms with van der Waals surface area (Å²) in [7, 11) is 0. The molecule has 0 saturated heterocycles. The first kappa shape index (κ1) is 11.9. The van der Waals surface area contributed by atoms with Gasteiger partial charge in [0, 0.05) is 0 Å². The van der Waals surface area contributed by atoms with Crippen LogP contribution < -0.4 is 0 Å². The van der Waals surface area contributed by atoms with E-state index in [2.05, 4.69) is 55.8 Å². The van der Waals surface area contributed by atoms with Gasteiger partial charge in [0.1, 0.15) is 0 Å². The van der Waals surface area contributed by atoms with Crippen molar-refractivity contribution in [3.63, 3.8) is 0 Å². The smallest absolute Gasteiger partial charge is 0.0751 e. The second-order valence-corrected chi connectivity index (χ2v) is 6.06. The van der Waals surface area contributed by atoms with Crippen molar-refractivity contribution in [1.82, 2.24) is 0 Å². The molecule has 0 N–H and O–H groups in total. The van der Waals surface area contributed by atoms with Gasteiger partial charge in [0.05, 0.1) is 4.58 Å². The highest BCUT2D eigenvalue weighted by atomic mass is 32.2. The Morgan fingerprint density at radius 3 is 2.44 bits per heavy atom. The summed E-state index contributed by atoms with van der Waals surface area (Å²) < 4.78 is 0.525. The Labute approximate surface area is 106 Å². The molecule has 0 aliphatic heterocycles. The standard InChI is InChI=1S/C14H16S2/c1-10-7-8-13(14(15-2)16-3)12-6-4-5-11(12)9-10/h4-9,14H,1-3H3. The third-order valence-corrected chi connectivity index (χ3v) is 5.27. The molecule has 0 atom stereocenters. The van der Waals surface area contributed by atoms with E-state index in [-0.39, 0.29) is 0 Å². The predicted molar refractivity (Wildman–Crippen MR) is 77.6 cm³/mol. The number of aryl methyl sites for hydroxylation is 1. The third-order valence-electron chi connectivity index (χ3n) is 2.75. The van der Waals surface area contributed by atoms with Crippen molar-refractivity contribution in [2.24, 2.45) is 0 Å². The zero-order chi connectivity index (χ0) is 11.5. The lowest BCUT2D eigenvalue weighted by molar-refractivity contribution is 1.41. The summed E-state index contributed by atoms with van der Waals surface area (Å²) in [5.41, 5.74) is 5.50. The van der Waals surface area contributed by atoms with Crippen LogP contribution in [-0.4, -0.2) is 12.5 Å². The van der Waals surface area contributed by atoms with Crippen LogP contribution in [0.25, 0.3) is 11.1 Å². The molecule has 0 unspecified atom stereocenters. The van der Waals surface area contributed by atoms with E-state index in [1.807, 2.05) is 23.5 Å². The zero-order valence-electron chi connectivity index (χ0n) is 9.86. The lowest BCUT2D eigenvalue weighted by Gasteiger charge is -2.13. The Morgan fingerprint density at radius 1 is 1.00 bits per heavy atom. The van der Waals surface area contributed by atoms with Gasteiger partial charge in [-0.3, -0.25) is 0 Å². The number of hydrogen-bond donors (Lipinski definition) is 0. The van der Waals surface area contributed by atoms with E-state index in [4.69, 9.17) is 0 Å². The van der Waals surface area contributed by atoms with Gasteiger partial charge in [-0.2, -0.15) is 0 Å². The minimum atomic E-state index is 0.525. The highest BCUT2D eigenvalue weighted by molar-refractivity contribution is 8.15. The molecule has 0 aromatic rings. The van der Waals surface area contributed by atoms with Crippen molar-refractivity contribution in [3.05, 3.63) is 47.5 Å². The molecule has 0 amide bonds. The predicted octanol–water partition coefficient (Wildman–Crippen LogP) is 4.82. The van der Waals surface area contributed by atoms with E-state index in [9.17, 15) is 0 Å². The van der Waals surface area contributed by atoms with E-state index in [0.717, 1.165) is 0 Å². The average Bonchev–Trinajstić information content (AvgIpc) is 2.66. The Kier molecular flexibility index (Phi) is 3.82. The van der Waals surface area contributed by atoms with Gasteiger partial charge in [-0.15, -0.1) is 23.5 Å². The highest BCUT2D eigenvalue weighted by Gasteiger charge is 2.14. The summed E-state index contributed by atoms with van der Waals surface area (Å²) in [6.45, 7) is 2.16. The summed E-state index contributed by atoms with van der Waals surface area (Å²) in [6, 6.07) is 13.3. The average molecular weight is 248 g/mol. The van der Waals surface area contributed by atoms with E-state index in [0.29, 0.717) is 4.58 Å². The molecule has 0 fully saturated rings. The quantitative estimate of drug-likeness (QED) is 0.714. The first-order chi connectivity index (χ1) is 7.76. The summed E-state index contributed by atoms with van der Waals surface area (Å²) in [6.07, 6.45) is 4.35. The molecule has 0 nitrogen and oxygen atoms in total. The van der Waals surface area contributed by atoms with Crippen LogP contribution in [0.4, 0.5) is 0 Å². The topological polar surface area (TPSA) is 0 Å². The summed E-state index contributed by atoms with van der Waals surface area (Å²) in [4.78, 5) is 0. The molecule has 2 aliphatic carbocycles. The minimum absolute atomic E-state index is 0.525. The van der Waals surface area contributed by atoms with Crippen LogP contribution in [0.1, 0.15) is 15.7 Å². The number of thioether (sulfide) groups is 2. The Balaban J connectivity index is 2.58. The van der Waals surface area contributed by atoms with E-state index >= 15 is 0 Å². The van der Waals surface area contributed by atoms with Gasteiger partial charge in [0.25, 0.3) is 0 Å². The lowest BCUT2D eigenvalue weighted by Crippen LogP contribution is -1.88. The van der Waals surface area contributed by atoms with Gasteiger partial charge in [-0.1, -0.05) is 42.0 Å². The minimum Gasteiger partial charge on any atom is -0.146 e. The molecule has 0 aromatic carbocycles. The first-order valence-corrected chi connectivity index (χ1v) is 7.88. The molecule has 2 aliphatic rings. The van der Waals surface area contributed by atoms with Crippen LogP contribution in [0.5, 0.6) is 0 Å². The van der Waals surface area contributed by atoms with Gasteiger partial charge in [0.15, 0.2) is 0 Å². The van der Waals surface area contributed by atoms with Gasteiger partial charge < -0.3 is 0 Å². The van der Waals surface area contributed by atoms with Crippen molar-refractivity contribution in [2.45, 2.75) is 11.5 Å². The molecule has 0 saturated carbocycles. The van der Waals surface area contributed by atoms with Crippen LogP contribution in [-0.2, 0) is 0 Å². The lowest BCUT2D eigenvalue weighted by atomic mass is 10.1. The second-order valence-electron chi connectivity index (χ2n) is 3.88. The maximum atomic E-state index is 2.27. The van der Waals surface area contributed by atoms with Crippen LogP contribution in [0.15, 0.2) is 36.4 Å². The summed E-state index contributed by atoms with van der Waals surface area (Å²) >= 11 is 3.81. The summed E-state index contributed by atoms with van der Waals surface area (Å²) in [5, 5.41) is 0. The molecule has 2 rings (SSSR count). The molecule has 0 spiro atoms. The fourth-order valence-electron chi connectivity index (χ4n) is 1.98. The van der Waals surface area contributed by atoms with E-state index in [1.54, 1.807) is 0 Å². The monoisotopic (exact) mass is 248 g/mol. The first-order valence-electron chi connectivity index (χ1n) is 5.31. The molecule has 84 valence electrons. The van der Waals surface area contributed by atoms with E-state index in [1.165, 1.54) is 22.3 Å². The van der Waals surface area contributed by atoms with Crippen molar-refractivity contribution in [1.29, 1.82) is 0 Å². The summed E-state index contributed by atoms with van der Waals surface area (Å²) in [5.74, 6) is 0. The third kappa shape index (κ3) is 2.23. The van der Waals surface area contributed by atoms with Crippen LogP contribution in [0.3, 0.4) is 0 Å². The maximum absolute atomic E-state index is 2.27. The largest absolute Gasteiger partial charge is 0.146 e. The Bertz CT molecular complexity index is 447. The molecule has 0 aromatic heterocycles. The molecule has 0 heterocycles. The van der Waals surface area contributed by atoms with Gasteiger partial charge >= 0.3 is 0 Å². The maximum Gasteiger partial charge on any atom is 0.0751 e. The number of rotatable bonds is 3. The van der Waals surface area contributed by atoms with Crippen LogP contribution >= 0.6 is 23.5 Å². The molecular formula is C14H16S2. The molecule has 0 bridgehead atoms.